The minimum atomic E-state index is -3.70. The number of anilines is 1. The number of hydrogen-bond donors (Lipinski definition) is 1. The summed E-state index contributed by atoms with van der Waals surface area (Å²) in [7, 11) is -3.70. The van der Waals surface area contributed by atoms with E-state index in [1.54, 1.807) is 32.0 Å². The Balaban J connectivity index is 1.87. The minimum Gasteiger partial charge on any atom is -0.490 e. The SMILES string of the molecule is CCN(CC)S(=O)(=O)c1ccc(Cl)c(C(=O)Nc2ccc3c(c2)OCCCO3)c1. The summed E-state index contributed by atoms with van der Waals surface area (Å²) in [5.74, 6) is 0.649. The molecule has 0 aliphatic carbocycles. The largest absolute Gasteiger partial charge is 0.490 e. The second kappa shape index (κ2) is 9.02. The van der Waals surface area contributed by atoms with Gasteiger partial charge in [0.2, 0.25) is 10.0 Å². The van der Waals surface area contributed by atoms with Crippen LogP contribution in [-0.2, 0) is 10.0 Å². The number of sulfonamides is 1. The standard InChI is InChI=1S/C20H23ClN2O5S/c1-3-23(4-2)29(25,26)15-7-8-17(21)16(13-15)20(24)22-14-6-9-18-19(12-14)28-11-5-10-27-18/h6-9,12-13H,3-5,10-11H2,1-2H3,(H,22,24). The molecule has 0 atom stereocenters. The number of nitrogens with one attached hydrogen (secondary N) is 1. The van der Waals surface area contributed by atoms with E-state index in [9.17, 15) is 13.2 Å². The lowest BCUT2D eigenvalue weighted by Crippen LogP contribution is -2.30. The van der Waals surface area contributed by atoms with E-state index >= 15 is 0 Å². The Morgan fingerprint density at radius 2 is 1.76 bits per heavy atom. The number of halogens is 1. The van der Waals surface area contributed by atoms with Crippen molar-refractivity contribution in [3.05, 3.63) is 47.0 Å². The van der Waals surface area contributed by atoms with Crippen molar-refractivity contribution >= 4 is 33.2 Å². The van der Waals surface area contributed by atoms with Crippen LogP contribution in [0.1, 0.15) is 30.6 Å². The smallest absolute Gasteiger partial charge is 0.257 e. The number of hydrogen-bond acceptors (Lipinski definition) is 5. The molecule has 0 spiro atoms. The van der Waals surface area contributed by atoms with Gasteiger partial charge in [-0.2, -0.15) is 4.31 Å². The molecule has 1 amide bonds. The molecule has 2 aromatic carbocycles. The number of fused-ring (bicyclic) bond motifs is 1. The van der Waals surface area contributed by atoms with Crippen molar-refractivity contribution in [1.29, 1.82) is 0 Å². The zero-order valence-electron chi connectivity index (χ0n) is 16.3. The van der Waals surface area contributed by atoms with Gasteiger partial charge in [-0.15, -0.1) is 0 Å². The molecule has 3 rings (SSSR count). The molecule has 0 radical (unpaired) electrons. The molecule has 156 valence electrons. The summed E-state index contributed by atoms with van der Waals surface area (Å²) in [5.41, 5.74) is 0.569. The fraction of sp³-hybridized carbons (Fsp3) is 0.350. The maximum atomic E-state index is 12.8. The first-order valence-corrected chi connectivity index (χ1v) is 11.2. The number of carbonyl (C=O) groups excluding carboxylic acids is 1. The first-order valence-electron chi connectivity index (χ1n) is 9.37. The molecule has 7 nitrogen and oxygen atoms in total. The van der Waals surface area contributed by atoms with Crippen LogP contribution in [0.4, 0.5) is 5.69 Å². The number of rotatable bonds is 6. The van der Waals surface area contributed by atoms with Crippen LogP contribution in [0.5, 0.6) is 11.5 Å². The van der Waals surface area contributed by atoms with Gasteiger partial charge in [0.15, 0.2) is 11.5 Å². The Morgan fingerprint density at radius 1 is 1.07 bits per heavy atom. The van der Waals surface area contributed by atoms with Gasteiger partial charge in [0.1, 0.15) is 0 Å². The third-order valence-corrected chi connectivity index (χ3v) is 6.91. The van der Waals surface area contributed by atoms with Crippen LogP contribution in [0.25, 0.3) is 0 Å². The highest BCUT2D eigenvalue weighted by molar-refractivity contribution is 7.89. The molecular formula is C20H23ClN2O5S. The number of amides is 1. The van der Waals surface area contributed by atoms with Crippen molar-refractivity contribution in [3.8, 4) is 11.5 Å². The van der Waals surface area contributed by atoms with Crippen molar-refractivity contribution in [2.75, 3.05) is 31.6 Å². The summed E-state index contributed by atoms with van der Waals surface area (Å²) in [4.78, 5) is 12.8. The summed E-state index contributed by atoms with van der Waals surface area (Å²) in [6, 6.07) is 9.20. The first-order chi connectivity index (χ1) is 13.9. The van der Waals surface area contributed by atoms with Crippen molar-refractivity contribution in [1.82, 2.24) is 4.31 Å². The van der Waals surface area contributed by atoms with Crippen LogP contribution >= 0.6 is 11.6 Å². The Morgan fingerprint density at radius 3 is 2.45 bits per heavy atom. The number of ether oxygens (including phenoxy) is 2. The van der Waals surface area contributed by atoms with E-state index in [0.29, 0.717) is 43.5 Å². The van der Waals surface area contributed by atoms with Crippen LogP contribution < -0.4 is 14.8 Å². The van der Waals surface area contributed by atoms with Crippen molar-refractivity contribution in [2.24, 2.45) is 0 Å². The lowest BCUT2D eigenvalue weighted by atomic mass is 10.2. The van der Waals surface area contributed by atoms with Gasteiger partial charge in [-0.25, -0.2) is 8.42 Å². The second-order valence-electron chi connectivity index (χ2n) is 6.40. The van der Waals surface area contributed by atoms with Crippen molar-refractivity contribution < 1.29 is 22.7 Å². The van der Waals surface area contributed by atoms with Gasteiger partial charge in [-0.1, -0.05) is 25.4 Å². The maximum absolute atomic E-state index is 12.8. The molecule has 29 heavy (non-hydrogen) atoms. The van der Waals surface area contributed by atoms with E-state index in [1.807, 2.05) is 0 Å². The Kier molecular flexibility index (Phi) is 6.66. The molecule has 0 fully saturated rings. The van der Waals surface area contributed by atoms with E-state index in [-0.39, 0.29) is 15.5 Å². The van der Waals surface area contributed by atoms with Gasteiger partial charge in [-0.05, 0) is 30.3 Å². The average Bonchev–Trinajstić information content (AvgIpc) is 2.93. The highest BCUT2D eigenvalue weighted by Crippen LogP contribution is 2.33. The Hall–Kier alpha value is -2.29. The van der Waals surface area contributed by atoms with Gasteiger partial charge in [0.25, 0.3) is 5.91 Å². The minimum absolute atomic E-state index is 0.0226. The van der Waals surface area contributed by atoms with E-state index < -0.39 is 15.9 Å². The lowest BCUT2D eigenvalue weighted by molar-refractivity contribution is 0.102. The molecule has 0 unspecified atom stereocenters. The summed E-state index contributed by atoms with van der Waals surface area (Å²) >= 11 is 6.18. The first kappa shape index (κ1) is 21.4. The van der Waals surface area contributed by atoms with E-state index in [0.717, 1.165) is 6.42 Å². The lowest BCUT2D eigenvalue weighted by Gasteiger charge is -2.19. The number of nitrogens with zero attached hydrogens (tertiary/aromatic N) is 1. The summed E-state index contributed by atoms with van der Waals surface area (Å²) < 4.78 is 38.0. The van der Waals surface area contributed by atoms with Crippen LogP contribution in [0, 0.1) is 0 Å². The predicted molar refractivity (Wildman–Crippen MR) is 112 cm³/mol. The summed E-state index contributed by atoms with van der Waals surface area (Å²) in [6.45, 7) is 5.29. The quantitative estimate of drug-likeness (QED) is 0.741. The molecule has 0 saturated carbocycles. The fourth-order valence-corrected chi connectivity index (χ4v) is 4.68. The third-order valence-electron chi connectivity index (χ3n) is 4.53. The van der Waals surface area contributed by atoms with Crippen molar-refractivity contribution in [2.45, 2.75) is 25.2 Å². The van der Waals surface area contributed by atoms with Crippen LogP contribution in [-0.4, -0.2) is 44.9 Å². The van der Waals surface area contributed by atoms with Gasteiger partial charge >= 0.3 is 0 Å². The molecule has 1 aliphatic rings. The molecule has 0 aromatic heterocycles. The second-order valence-corrected chi connectivity index (χ2v) is 8.74. The zero-order valence-corrected chi connectivity index (χ0v) is 17.8. The summed E-state index contributed by atoms with van der Waals surface area (Å²) in [6.07, 6.45) is 0.778. The van der Waals surface area contributed by atoms with E-state index in [2.05, 4.69) is 5.32 Å². The monoisotopic (exact) mass is 438 g/mol. The molecular weight excluding hydrogens is 416 g/mol. The van der Waals surface area contributed by atoms with Crippen LogP contribution in [0.2, 0.25) is 5.02 Å². The Labute approximate surface area is 175 Å². The van der Waals surface area contributed by atoms with E-state index in [1.165, 1.54) is 22.5 Å². The van der Waals surface area contributed by atoms with Crippen molar-refractivity contribution in [3.63, 3.8) is 0 Å². The molecule has 0 bridgehead atoms. The molecule has 9 heteroatoms. The normalized spacial score (nSPS) is 13.8. The number of benzene rings is 2. The zero-order chi connectivity index (χ0) is 21.0. The van der Waals surface area contributed by atoms with Gasteiger partial charge < -0.3 is 14.8 Å². The van der Waals surface area contributed by atoms with E-state index in [4.69, 9.17) is 21.1 Å². The summed E-state index contributed by atoms with van der Waals surface area (Å²) in [5, 5.41) is 2.90. The fourth-order valence-electron chi connectivity index (χ4n) is 2.99. The topological polar surface area (TPSA) is 84.9 Å². The third kappa shape index (κ3) is 4.66. The molecule has 2 aromatic rings. The number of carbonyl (C=O) groups is 1. The van der Waals surface area contributed by atoms with Gasteiger partial charge in [0.05, 0.1) is 28.7 Å². The highest BCUT2D eigenvalue weighted by atomic mass is 35.5. The Bertz CT molecular complexity index is 1010. The average molecular weight is 439 g/mol. The van der Waals surface area contributed by atoms with Crippen LogP contribution in [0.3, 0.4) is 0 Å². The predicted octanol–water partition coefficient (Wildman–Crippen LogP) is 3.78. The van der Waals surface area contributed by atoms with Crippen LogP contribution in [0.15, 0.2) is 41.3 Å². The molecule has 1 aliphatic heterocycles. The molecule has 1 heterocycles. The maximum Gasteiger partial charge on any atom is 0.257 e. The van der Waals surface area contributed by atoms with Gasteiger partial charge in [-0.3, -0.25) is 4.79 Å². The molecule has 0 saturated heterocycles. The highest BCUT2D eigenvalue weighted by Gasteiger charge is 2.24. The molecule has 1 N–H and O–H groups in total. The van der Waals surface area contributed by atoms with Gasteiger partial charge in [0, 0.05) is 31.3 Å².